The van der Waals surface area contributed by atoms with E-state index in [-0.39, 0.29) is 6.04 Å². The molecule has 0 N–H and O–H groups in total. The maximum Gasteiger partial charge on any atom is 0.161 e. The molecule has 29 heavy (non-hydrogen) atoms. The lowest BCUT2D eigenvalue weighted by Gasteiger charge is -2.39. The maximum atomic E-state index is 5.60. The van der Waals surface area contributed by atoms with Crippen molar-refractivity contribution in [3.63, 3.8) is 0 Å². The highest BCUT2D eigenvalue weighted by molar-refractivity contribution is 6.15. The fourth-order valence-corrected chi connectivity index (χ4v) is 4.42. The van der Waals surface area contributed by atoms with Crippen LogP contribution in [0.3, 0.4) is 0 Å². The number of aliphatic imine (C=N–C) groups is 1. The monoisotopic (exact) mass is 396 g/mol. The molecule has 0 radical (unpaired) electrons. The Balaban J connectivity index is 1.89. The summed E-state index contributed by atoms with van der Waals surface area (Å²) in [6.07, 6.45) is 1.03. The van der Waals surface area contributed by atoms with Crippen LogP contribution in [0, 0.1) is 0 Å². The minimum atomic E-state index is 0.250. The van der Waals surface area contributed by atoms with E-state index >= 15 is 0 Å². The molecule has 2 atom stereocenters. The van der Waals surface area contributed by atoms with Crippen molar-refractivity contribution in [3.8, 4) is 23.0 Å². The van der Waals surface area contributed by atoms with Crippen LogP contribution in [0.5, 0.6) is 23.0 Å². The Hall–Kier alpha value is -2.73. The van der Waals surface area contributed by atoms with Crippen LogP contribution in [0.25, 0.3) is 0 Å². The highest BCUT2D eigenvalue weighted by Crippen LogP contribution is 2.42. The molecule has 4 rings (SSSR count). The minimum absolute atomic E-state index is 0.250. The van der Waals surface area contributed by atoms with Crippen LogP contribution >= 0.6 is 0 Å². The molecule has 1 saturated heterocycles. The van der Waals surface area contributed by atoms with Gasteiger partial charge in [-0.2, -0.15) is 0 Å². The van der Waals surface area contributed by atoms with Gasteiger partial charge in [-0.15, -0.1) is 0 Å². The van der Waals surface area contributed by atoms with Gasteiger partial charge >= 0.3 is 0 Å². The topological polar surface area (TPSA) is 52.5 Å². The van der Waals surface area contributed by atoms with Crippen molar-refractivity contribution in [2.24, 2.45) is 4.99 Å². The van der Waals surface area contributed by atoms with Gasteiger partial charge in [0.25, 0.3) is 0 Å². The fraction of sp³-hybridized carbons (Fsp3) is 0.435. The predicted molar refractivity (Wildman–Crippen MR) is 113 cm³/mol. The summed E-state index contributed by atoms with van der Waals surface area (Å²) in [6, 6.07) is 10.4. The third-order valence-corrected chi connectivity index (χ3v) is 5.94. The molecule has 1 fully saturated rings. The number of nitrogens with zero attached hydrogens (tertiary/aromatic N) is 2. The molecule has 0 aliphatic carbocycles. The van der Waals surface area contributed by atoms with Gasteiger partial charge in [0, 0.05) is 23.6 Å². The molecule has 2 aromatic carbocycles. The number of likely N-dealkylation sites (N-methyl/N-ethyl adjacent to an activating group) is 1. The first kappa shape index (κ1) is 19.6. The minimum Gasteiger partial charge on any atom is -0.493 e. The molecule has 0 amide bonds. The van der Waals surface area contributed by atoms with E-state index in [0.29, 0.717) is 23.2 Å². The van der Waals surface area contributed by atoms with Crippen LogP contribution in [0.4, 0.5) is 0 Å². The first-order valence-electron chi connectivity index (χ1n) is 9.84. The number of hydrogen-bond acceptors (Lipinski definition) is 6. The van der Waals surface area contributed by atoms with Crippen LogP contribution < -0.4 is 18.9 Å². The van der Waals surface area contributed by atoms with Gasteiger partial charge in [-0.3, -0.25) is 4.99 Å². The molecule has 0 bridgehead atoms. The van der Waals surface area contributed by atoms with Crippen molar-refractivity contribution in [1.29, 1.82) is 0 Å². The Kier molecular flexibility index (Phi) is 5.37. The Morgan fingerprint density at radius 3 is 2.21 bits per heavy atom. The third-order valence-electron chi connectivity index (χ3n) is 5.94. The predicted octanol–water partition coefficient (Wildman–Crippen LogP) is 3.36. The number of benzene rings is 2. The first-order valence-corrected chi connectivity index (χ1v) is 9.84. The molecular formula is C23H28N2O4. The molecule has 2 aliphatic rings. The summed E-state index contributed by atoms with van der Waals surface area (Å²) < 4.78 is 22.1. The molecule has 6 nitrogen and oxygen atoms in total. The number of likely N-dealkylation sites (tertiary alicyclic amines) is 1. The second-order valence-electron chi connectivity index (χ2n) is 7.57. The zero-order chi connectivity index (χ0) is 20.5. The van der Waals surface area contributed by atoms with E-state index in [1.807, 2.05) is 18.2 Å². The molecule has 2 aliphatic heterocycles. The molecule has 0 aromatic heterocycles. The largest absolute Gasteiger partial charge is 0.493 e. The quantitative estimate of drug-likeness (QED) is 0.776. The summed E-state index contributed by atoms with van der Waals surface area (Å²) in [5, 5.41) is 0. The van der Waals surface area contributed by atoms with E-state index in [2.05, 4.69) is 24.1 Å². The lowest BCUT2D eigenvalue weighted by atomic mass is 9.79. The molecule has 154 valence electrons. The summed E-state index contributed by atoms with van der Waals surface area (Å²) in [5.74, 6) is 3.21. The summed E-state index contributed by atoms with van der Waals surface area (Å²) in [5.41, 5.74) is 4.33. The lowest BCUT2D eigenvalue weighted by molar-refractivity contribution is 0.227. The van der Waals surface area contributed by atoms with Crippen LogP contribution in [-0.2, 0) is 0 Å². The van der Waals surface area contributed by atoms with Gasteiger partial charge < -0.3 is 23.8 Å². The van der Waals surface area contributed by atoms with Crippen molar-refractivity contribution in [2.45, 2.75) is 18.4 Å². The van der Waals surface area contributed by atoms with Crippen LogP contribution in [0.15, 0.2) is 35.3 Å². The molecule has 6 heteroatoms. The van der Waals surface area contributed by atoms with Gasteiger partial charge in [-0.05, 0) is 55.9 Å². The number of ether oxygens (including phenoxy) is 4. The summed E-state index contributed by atoms with van der Waals surface area (Å²) >= 11 is 0. The summed E-state index contributed by atoms with van der Waals surface area (Å²) in [4.78, 5) is 7.58. The van der Waals surface area contributed by atoms with Crippen molar-refractivity contribution in [1.82, 2.24) is 4.90 Å². The van der Waals surface area contributed by atoms with E-state index in [1.165, 1.54) is 5.56 Å². The smallest absolute Gasteiger partial charge is 0.161 e. The van der Waals surface area contributed by atoms with Crippen LogP contribution in [0.1, 0.15) is 29.0 Å². The number of fused-ring (bicyclic) bond motifs is 3. The number of piperidine rings is 1. The lowest BCUT2D eigenvalue weighted by Crippen LogP contribution is -2.41. The van der Waals surface area contributed by atoms with Crippen molar-refractivity contribution < 1.29 is 18.9 Å². The maximum absolute atomic E-state index is 5.60. The molecular weight excluding hydrogens is 368 g/mol. The van der Waals surface area contributed by atoms with E-state index < -0.39 is 0 Å². The van der Waals surface area contributed by atoms with Crippen molar-refractivity contribution >= 4 is 5.71 Å². The molecule has 2 aromatic rings. The Labute approximate surface area is 172 Å². The van der Waals surface area contributed by atoms with Gasteiger partial charge in [0.15, 0.2) is 23.0 Å². The average Bonchev–Trinajstić information content (AvgIpc) is 2.77. The standard InChI is InChI=1S/C23H28N2O4/c1-25-9-8-18-17(13-25)15-11-21(28-4)22(29-5)12-16(15)23(24-18)14-6-7-19(26-2)20(10-14)27-3/h6-7,10-12,17-18H,8-9,13H2,1-5H3/t17-,18-/m1/s1. The summed E-state index contributed by atoms with van der Waals surface area (Å²) in [7, 11) is 8.81. The molecule has 0 spiro atoms. The van der Waals surface area contributed by atoms with E-state index in [1.54, 1.807) is 28.4 Å². The van der Waals surface area contributed by atoms with Gasteiger partial charge in [0.2, 0.25) is 0 Å². The SMILES string of the molecule is COc1ccc(C2=N[C@@H]3CCN(C)C[C@@H]3c3cc(OC)c(OC)cc32)cc1OC. The number of rotatable bonds is 5. The van der Waals surface area contributed by atoms with Crippen LogP contribution in [0.2, 0.25) is 0 Å². The molecule has 0 unspecified atom stereocenters. The van der Waals surface area contributed by atoms with E-state index in [4.69, 9.17) is 23.9 Å². The normalized spacial score (nSPS) is 20.9. The number of hydrogen-bond donors (Lipinski definition) is 0. The second-order valence-corrected chi connectivity index (χ2v) is 7.57. The van der Waals surface area contributed by atoms with Gasteiger partial charge in [0.05, 0.1) is 40.2 Å². The highest BCUT2D eigenvalue weighted by Gasteiger charge is 2.36. The Bertz CT molecular complexity index is 941. The summed E-state index contributed by atoms with van der Waals surface area (Å²) in [6.45, 7) is 2.03. The van der Waals surface area contributed by atoms with Crippen molar-refractivity contribution in [3.05, 3.63) is 47.0 Å². The zero-order valence-corrected chi connectivity index (χ0v) is 17.7. The van der Waals surface area contributed by atoms with E-state index in [0.717, 1.165) is 42.1 Å². The van der Waals surface area contributed by atoms with Crippen molar-refractivity contribution in [2.75, 3.05) is 48.6 Å². The third kappa shape index (κ3) is 3.42. The average molecular weight is 396 g/mol. The molecule has 0 saturated carbocycles. The van der Waals surface area contributed by atoms with Gasteiger partial charge in [0.1, 0.15) is 0 Å². The first-order chi connectivity index (χ1) is 14.1. The van der Waals surface area contributed by atoms with Gasteiger partial charge in [-0.25, -0.2) is 0 Å². The fourth-order valence-electron chi connectivity index (χ4n) is 4.42. The zero-order valence-electron chi connectivity index (χ0n) is 17.7. The Morgan fingerprint density at radius 1 is 0.862 bits per heavy atom. The highest BCUT2D eigenvalue weighted by atomic mass is 16.5. The number of methoxy groups -OCH3 is 4. The van der Waals surface area contributed by atoms with Gasteiger partial charge in [-0.1, -0.05) is 0 Å². The molecule has 2 heterocycles. The van der Waals surface area contributed by atoms with E-state index in [9.17, 15) is 0 Å². The second kappa shape index (κ2) is 7.95. The van der Waals surface area contributed by atoms with Crippen LogP contribution in [-0.4, -0.2) is 65.2 Å². The Morgan fingerprint density at radius 2 is 1.52 bits per heavy atom.